The highest BCUT2D eigenvalue weighted by Gasteiger charge is 2.29. The normalized spacial score (nSPS) is 11.1. The summed E-state index contributed by atoms with van der Waals surface area (Å²) in [7, 11) is 4.76. The molecule has 0 radical (unpaired) electrons. The Kier molecular flexibility index (Phi) is 10.0. The van der Waals surface area contributed by atoms with E-state index >= 15 is 0 Å². The number of aromatic nitrogens is 4. The van der Waals surface area contributed by atoms with Gasteiger partial charge < -0.3 is 35.9 Å². The summed E-state index contributed by atoms with van der Waals surface area (Å²) < 4.78 is 19.7. The molecule has 13 nitrogen and oxygen atoms in total. The van der Waals surface area contributed by atoms with Crippen LogP contribution < -0.4 is 26.1 Å². The summed E-state index contributed by atoms with van der Waals surface area (Å²) >= 11 is 5.95. The Hall–Kier alpha value is -3.68. The number of ether oxygens (including phenoxy) is 3. The first kappa shape index (κ1) is 28.9. The number of nitrogens with one attached hydrogen (secondary N) is 1. The number of carbonyl (C=O) groups is 2. The van der Waals surface area contributed by atoms with E-state index in [9.17, 15) is 9.59 Å². The lowest BCUT2D eigenvalue weighted by molar-refractivity contribution is -0.668. The summed E-state index contributed by atoms with van der Waals surface area (Å²) in [5, 5.41) is 2.70. The van der Waals surface area contributed by atoms with E-state index in [0.29, 0.717) is 44.4 Å². The molecule has 5 N–H and O–H groups in total. The van der Waals surface area contributed by atoms with Gasteiger partial charge in [0.05, 0.1) is 26.9 Å². The fourth-order valence-corrected chi connectivity index (χ4v) is 4.20. The lowest BCUT2D eigenvalue weighted by Gasteiger charge is -2.21. The van der Waals surface area contributed by atoms with Crippen molar-refractivity contribution in [2.24, 2.45) is 0 Å². The zero-order chi connectivity index (χ0) is 27.8. The van der Waals surface area contributed by atoms with E-state index in [0.717, 1.165) is 11.0 Å². The second-order valence-corrected chi connectivity index (χ2v) is 8.64. The van der Waals surface area contributed by atoms with Crippen LogP contribution in [0.2, 0.25) is 5.15 Å². The molecule has 0 atom stereocenters. The molecule has 2 heterocycles. The van der Waals surface area contributed by atoms with Gasteiger partial charge in [-0.05, 0) is 19.1 Å². The van der Waals surface area contributed by atoms with Gasteiger partial charge in [-0.15, -0.1) is 0 Å². The average Bonchev–Trinajstić information content (AvgIpc) is 3.20. The molecule has 3 rings (SSSR count). The zero-order valence-corrected chi connectivity index (χ0v) is 22.7. The van der Waals surface area contributed by atoms with Crippen molar-refractivity contribution < 1.29 is 28.4 Å². The quantitative estimate of drug-likeness (QED) is 0.259. The molecule has 0 saturated heterocycles. The molecule has 0 aliphatic heterocycles. The first-order chi connectivity index (χ1) is 18.2. The number of fused-ring (bicyclic) bond motifs is 1. The van der Waals surface area contributed by atoms with E-state index in [1.54, 1.807) is 26.2 Å². The zero-order valence-electron chi connectivity index (χ0n) is 22.0. The monoisotopic (exact) mass is 549 g/mol. The van der Waals surface area contributed by atoms with E-state index in [1.165, 1.54) is 0 Å². The van der Waals surface area contributed by atoms with Crippen LogP contribution in [0.3, 0.4) is 0 Å². The molecular formula is C24H34ClN8O5+. The fourth-order valence-electron chi connectivity index (χ4n) is 4.07. The minimum atomic E-state index is -0.581. The van der Waals surface area contributed by atoms with Gasteiger partial charge in [-0.3, -0.25) is 9.59 Å². The average molecular weight is 550 g/mol. The Labute approximate surface area is 225 Å². The first-order valence-electron chi connectivity index (χ1n) is 12.0. The van der Waals surface area contributed by atoms with Crippen LogP contribution in [0.5, 0.6) is 5.75 Å². The van der Waals surface area contributed by atoms with Gasteiger partial charge in [0, 0.05) is 33.4 Å². The number of imidazole rings is 1. The van der Waals surface area contributed by atoms with Crippen LogP contribution >= 0.6 is 11.6 Å². The minimum absolute atomic E-state index is 0.0318. The second-order valence-electron chi connectivity index (χ2n) is 8.28. The van der Waals surface area contributed by atoms with Crippen molar-refractivity contribution in [3.05, 3.63) is 34.9 Å². The first-order valence-corrected chi connectivity index (χ1v) is 12.3. The van der Waals surface area contributed by atoms with Gasteiger partial charge in [0.15, 0.2) is 40.1 Å². The van der Waals surface area contributed by atoms with E-state index < -0.39 is 5.91 Å². The number of aryl methyl sites for hydroxylation is 1. The molecule has 0 saturated carbocycles. The molecule has 38 heavy (non-hydrogen) atoms. The third kappa shape index (κ3) is 6.41. The Morgan fingerprint density at radius 1 is 1.11 bits per heavy atom. The van der Waals surface area contributed by atoms with E-state index in [-0.39, 0.29) is 41.5 Å². The Morgan fingerprint density at radius 3 is 2.39 bits per heavy atom. The van der Waals surface area contributed by atoms with Crippen molar-refractivity contribution in [2.45, 2.75) is 26.6 Å². The molecule has 206 valence electrons. The van der Waals surface area contributed by atoms with Crippen LogP contribution in [-0.4, -0.2) is 78.9 Å². The number of nitrogen functional groups attached to an aromatic ring is 2. The molecule has 1 aromatic carbocycles. The van der Waals surface area contributed by atoms with Crippen LogP contribution in [0.15, 0.2) is 18.2 Å². The third-order valence-corrected chi connectivity index (χ3v) is 6.29. The van der Waals surface area contributed by atoms with Crippen molar-refractivity contribution in [1.82, 2.24) is 24.8 Å². The third-order valence-electron chi connectivity index (χ3n) is 6.01. The maximum absolute atomic E-state index is 13.4. The number of carbonyl (C=O) groups excluding carboxylic acids is 2. The van der Waals surface area contributed by atoms with Gasteiger partial charge in [0.2, 0.25) is 0 Å². The van der Waals surface area contributed by atoms with Gasteiger partial charge in [-0.25, -0.2) is 19.1 Å². The van der Waals surface area contributed by atoms with Crippen LogP contribution in [0, 0.1) is 0 Å². The highest BCUT2D eigenvalue weighted by Crippen LogP contribution is 2.22. The van der Waals surface area contributed by atoms with E-state index in [2.05, 4.69) is 15.3 Å². The SMILES string of the molecule is CCn1c(CNC(=O)c2nc(Cl)c(N)nc2N)[n+](CC(=O)N(CCOC)CCOC)c2ccc(OC)cc21. The maximum Gasteiger partial charge on any atom is 0.277 e. The Balaban J connectivity index is 2.00. The van der Waals surface area contributed by atoms with Crippen LogP contribution in [0.4, 0.5) is 11.6 Å². The lowest BCUT2D eigenvalue weighted by Crippen LogP contribution is -2.49. The molecule has 2 amide bonds. The molecule has 0 fully saturated rings. The number of halogens is 1. The highest BCUT2D eigenvalue weighted by atomic mass is 35.5. The Bertz CT molecular complexity index is 1290. The Morgan fingerprint density at radius 2 is 1.79 bits per heavy atom. The van der Waals surface area contributed by atoms with Gasteiger partial charge in [-0.1, -0.05) is 11.6 Å². The lowest BCUT2D eigenvalue weighted by atomic mass is 10.3. The molecule has 0 aliphatic carbocycles. The summed E-state index contributed by atoms with van der Waals surface area (Å²) in [4.78, 5) is 35.9. The predicted octanol–water partition coefficient (Wildman–Crippen LogP) is 0.617. The number of rotatable bonds is 13. The highest BCUT2D eigenvalue weighted by molar-refractivity contribution is 6.31. The van der Waals surface area contributed by atoms with E-state index in [1.807, 2.05) is 34.3 Å². The van der Waals surface area contributed by atoms with Crippen molar-refractivity contribution in [3.8, 4) is 5.75 Å². The van der Waals surface area contributed by atoms with Gasteiger partial charge >= 0.3 is 0 Å². The molecule has 0 aliphatic rings. The van der Waals surface area contributed by atoms with Gasteiger partial charge in [0.1, 0.15) is 12.3 Å². The topological polar surface area (TPSA) is 164 Å². The summed E-state index contributed by atoms with van der Waals surface area (Å²) in [5.41, 5.74) is 13.0. The molecule has 0 bridgehead atoms. The van der Waals surface area contributed by atoms with Gasteiger partial charge in [0.25, 0.3) is 17.6 Å². The van der Waals surface area contributed by atoms with Gasteiger partial charge in [-0.2, -0.15) is 0 Å². The smallest absolute Gasteiger partial charge is 0.277 e. The number of benzene rings is 1. The number of methoxy groups -OCH3 is 3. The largest absolute Gasteiger partial charge is 0.497 e. The summed E-state index contributed by atoms with van der Waals surface area (Å²) in [6.45, 7) is 4.27. The second kappa shape index (κ2) is 13.2. The van der Waals surface area contributed by atoms with Crippen molar-refractivity contribution >= 4 is 46.1 Å². The number of anilines is 2. The number of nitrogens with zero attached hydrogens (tertiary/aromatic N) is 5. The molecular weight excluding hydrogens is 516 g/mol. The van der Waals surface area contributed by atoms with Crippen molar-refractivity contribution in [3.63, 3.8) is 0 Å². The van der Waals surface area contributed by atoms with E-state index in [4.69, 9.17) is 37.3 Å². The van der Waals surface area contributed by atoms with Crippen LogP contribution in [0.25, 0.3) is 11.0 Å². The summed E-state index contributed by atoms with van der Waals surface area (Å²) in [5.74, 6) is 0.443. The fraction of sp³-hybridized carbons (Fsp3) is 0.458. The number of nitrogens with two attached hydrogens (primary N) is 2. The predicted molar refractivity (Wildman–Crippen MR) is 142 cm³/mol. The van der Waals surface area contributed by atoms with Crippen LogP contribution in [-0.2, 0) is 33.9 Å². The number of hydrogen-bond donors (Lipinski definition) is 3. The molecule has 0 spiro atoms. The molecule has 2 aromatic heterocycles. The summed E-state index contributed by atoms with van der Waals surface area (Å²) in [6.07, 6.45) is 0. The van der Waals surface area contributed by atoms with Crippen molar-refractivity contribution in [2.75, 3.05) is 59.1 Å². The molecule has 3 aromatic rings. The molecule has 14 heteroatoms. The number of amides is 2. The maximum atomic E-state index is 13.4. The summed E-state index contributed by atoms with van der Waals surface area (Å²) in [6, 6.07) is 5.60. The van der Waals surface area contributed by atoms with Crippen LogP contribution in [0.1, 0.15) is 23.2 Å². The number of hydrogen-bond acceptors (Lipinski definition) is 9. The molecule has 0 unspecified atom stereocenters. The minimum Gasteiger partial charge on any atom is -0.497 e. The standard InChI is InChI=1S/C24H33ClN8O5/c1-5-32-17-12-15(38-4)6-7-16(17)33(14-19(34)31(8-10-36-2)9-11-37-3)18(32)13-28-24(35)20-22(26)30-23(27)21(25)29-20/h6-7,12H,5,8-11,13-14H2,1-4H3,(H4-,26,27,28,30,35)/p+1. The van der Waals surface area contributed by atoms with Crippen molar-refractivity contribution in [1.29, 1.82) is 0 Å².